The number of anilines is 1. The van der Waals surface area contributed by atoms with Gasteiger partial charge in [0.15, 0.2) is 5.82 Å². The van der Waals surface area contributed by atoms with Crippen molar-refractivity contribution in [2.45, 2.75) is 38.3 Å². The van der Waals surface area contributed by atoms with E-state index < -0.39 is 11.4 Å². The van der Waals surface area contributed by atoms with Gasteiger partial charge in [-0.15, -0.1) is 0 Å². The number of pyridine rings is 1. The maximum Gasteiger partial charge on any atom is 0.159 e. The Kier molecular flexibility index (Phi) is 5.22. The number of nitrogens with two attached hydrogens (primary N) is 1. The second-order valence-corrected chi connectivity index (χ2v) is 8.85. The normalized spacial score (nSPS) is 19.6. The van der Waals surface area contributed by atoms with Crippen LogP contribution in [0.2, 0.25) is 0 Å². The summed E-state index contributed by atoms with van der Waals surface area (Å²) in [5.41, 5.74) is 7.37. The minimum absolute atomic E-state index is 0.106. The fourth-order valence-corrected chi connectivity index (χ4v) is 4.59. The molecule has 1 saturated carbocycles. The van der Waals surface area contributed by atoms with Gasteiger partial charge in [0.1, 0.15) is 34.4 Å². The first-order chi connectivity index (χ1) is 16.3. The smallest absolute Gasteiger partial charge is 0.159 e. The highest BCUT2D eigenvalue weighted by Gasteiger charge is 2.41. The van der Waals surface area contributed by atoms with Gasteiger partial charge in [0.2, 0.25) is 0 Å². The lowest BCUT2D eigenvalue weighted by atomic mass is 9.77. The Morgan fingerprint density at radius 3 is 2.65 bits per heavy atom. The fraction of sp³-hybridized carbons (Fsp3) is 0.269. The summed E-state index contributed by atoms with van der Waals surface area (Å²) < 4.78 is 23.3. The van der Waals surface area contributed by atoms with Crippen LogP contribution in [0.5, 0.6) is 5.75 Å². The van der Waals surface area contributed by atoms with E-state index in [0.29, 0.717) is 36.3 Å². The van der Waals surface area contributed by atoms with Crippen LogP contribution in [-0.2, 0) is 0 Å². The standard InChI is InChI=1S/C26H24FN5O2/c1-3-34-21-11-20(15-7-5-4-6-8-15)30-24-17(21)9-10-18(22(24)27)23-19(14-28)25(29)32(31-23)16-12-26(2,33)13-16/h4-11,16,33H,3,12-13,29H2,1-2H3. The van der Waals surface area contributed by atoms with Crippen LogP contribution in [-0.4, -0.2) is 32.1 Å². The highest BCUT2D eigenvalue weighted by Crippen LogP contribution is 2.44. The minimum atomic E-state index is -0.794. The minimum Gasteiger partial charge on any atom is -0.493 e. The van der Waals surface area contributed by atoms with Crippen molar-refractivity contribution in [1.29, 1.82) is 5.26 Å². The number of aliphatic hydroxyl groups is 1. The highest BCUT2D eigenvalue weighted by molar-refractivity contribution is 5.92. The molecule has 4 aromatic rings. The van der Waals surface area contributed by atoms with Crippen molar-refractivity contribution in [3.8, 4) is 34.3 Å². The molecule has 1 fully saturated rings. The molecular formula is C26H24FN5O2. The maximum absolute atomic E-state index is 16.0. The van der Waals surface area contributed by atoms with Crippen molar-refractivity contribution in [3.05, 3.63) is 59.9 Å². The number of ether oxygens (including phenoxy) is 1. The van der Waals surface area contributed by atoms with E-state index in [2.05, 4.69) is 16.2 Å². The molecule has 1 aliphatic rings. The highest BCUT2D eigenvalue weighted by atomic mass is 19.1. The van der Waals surface area contributed by atoms with Crippen molar-refractivity contribution in [1.82, 2.24) is 14.8 Å². The van der Waals surface area contributed by atoms with Crippen LogP contribution in [0.3, 0.4) is 0 Å². The summed E-state index contributed by atoms with van der Waals surface area (Å²) in [6.45, 7) is 4.03. The number of hydrogen-bond donors (Lipinski definition) is 2. The summed E-state index contributed by atoms with van der Waals surface area (Å²) in [5, 5.41) is 24.9. The Morgan fingerprint density at radius 1 is 1.26 bits per heavy atom. The molecule has 2 heterocycles. The summed E-state index contributed by atoms with van der Waals surface area (Å²) in [4.78, 5) is 4.60. The lowest BCUT2D eigenvalue weighted by Crippen LogP contribution is -2.42. The average molecular weight is 458 g/mol. The maximum atomic E-state index is 16.0. The molecule has 2 aromatic heterocycles. The zero-order valence-electron chi connectivity index (χ0n) is 18.9. The molecule has 3 N–H and O–H groups in total. The predicted molar refractivity (Wildman–Crippen MR) is 128 cm³/mol. The summed E-state index contributed by atoms with van der Waals surface area (Å²) in [6, 6.07) is 16.5. The molecule has 5 rings (SSSR count). The number of halogens is 1. The zero-order chi connectivity index (χ0) is 24.0. The van der Waals surface area contributed by atoms with Crippen LogP contribution in [0.15, 0.2) is 48.5 Å². The number of hydrogen-bond acceptors (Lipinski definition) is 6. The average Bonchev–Trinajstić information content (AvgIpc) is 3.14. The van der Waals surface area contributed by atoms with E-state index in [-0.39, 0.29) is 34.2 Å². The SMILES string of the molecule is CCOc1cc(-c2ccccc2)nc2c(F)c(-c3nn(C4CC(C)(O)C4)c(N)c3C#N)ccc12. The van der Waals surface area contributed by atoms with Crippen molar-refractivity contribution >= 4 is 16.7 Å². The molecule has 0 unspecified atom stereocenters. The summed E-state index contributed by atoms with van der Waals surface area (Å²) in [5.74, 6) is 0.0931. The number of aromatic nitrogens is 3. The Bertz CT molecular complexity index is 1430. The van der Waals surface area contributed by atoms with Gasteiger partial charge in [0, 0.05) is 22.6 Å². The van der Waals surface area contributed by atoms with Gasteiger partial charge < -0.3 is 15.6 Å². The van der Waals surface area contributed by atoms with Crippen molar-refractivity contribution < 1.29 is 14.2 Å². The lowest BCUT2D eigenvalue weighted by molar-refractivity contribution is -0.0535. The lowest BCUT2D eigenvalue weighted by Gasteiger charge is -2.41. The van der Waals surface area contributed by atoms with Crippen LogP contribution in [0.25, 0.3) is 33.4 Å². The molecule has 1 aliphatic carbocycles. The number of nitriles is 1. The van der Waals surface area contributed by atoms with Crippen LogP contribution >= 0.6 is 0 Å². The monoisotopic (exact) mass is 457 g/mol. The molecule has 0 bridgehead atoms. The van der Waals surface area contributed by atoms with Gasteiger partial charge in [-0.3, -0.25) is 0 Å². The van der Waals surface area contributed by atoms with Gasteiger partial charge in [-0.2, -0.15) is 10.4 Å². The van der Waals surface area contributed by atoms with E-state index in [1.165, 1.54) is 4.68 Å². The third kappa shape index (κ3) is 3.55. The number of nitrogen functional groups attached to an aromatic ring is 1. The van der Waals surface area contributed by atoms with Gasteiger partial charge in [0.25, 0.3) is 0 Å². The molecule has 0 amide bonds. The molecule has 172 valence electrons. The first-order valence-electron chi connectivity index (χ1n) is 11.1. The molecular weight excluding hydrogens is 433 g/mol. The summed E-state index contributed by atoms with van der Waals surface area (Å²) >= 11 is 0. The van der Waals surface area contributed by atoms with E-state index in [4.69, 9.17) is 10.5 Å². The Balaban J connectivity index is 1.69. The van der Waals surface area contributed by atoms with Crippen LogP contribution in [0.1, 0.15) is 38.3 Å². The van der Waals surface area contributed by atoms with E-state index in [1.807, 2.05) is 37.3 Å². The van der Waals surface area contributed by atoms with Crippen molar-refractivity contribution in [2.75, 3.05) is 12.3 Å². The second-order valence-electron chi connectivity index (χ2n) is 8.85. The third-order valence-corrected chi connectivity index (χ3v) is 6.26. The first kappa shape index (κ1) is 21.9. The Hall–Kier alpha value is -3.96. The molecule has 0 aliphatic heterocycles. The second kappa shape index (κ2) is 8.12. The number of rotatable bonds is 5. The van der Waals surface area contributed by atoms with Gasteiger partial charge in [-0.05, 0) is 38.8 Å². The summed E-state index contributed by atoms with van der Waals surface area (Å²) in [6.07, 6.45) is 0.923. The quantitative estimate of drug-likeness (QED) is 0.444. The van der Waals surface area contributed by atoms with E-state index in [0.717, 1.165) is 5.56 Å². The number of benzene rings is 2. The fourth-order valence-electron chi connectivity index (χ4n) is 4.59. The third-order valence-electron chi connectivity index (χ3n) is 6.26. The topological polar surface area (TPSA) is 110 Å². The van der Waals surface area contributed by atoms with Crippen molar-refractivity contribution in [3.63, 3.8) is 0 Å². The predicted octanol–water partition coefficient (Wildman–Crippen LogP) is 4.84. The molecule has 0 radical (unpaired) electrons. The van der Waals surface area contributed by atoms with E-state index >= 15 is 4.39 Å². The number of nitrogens with zero attached hydrogens (tertiary/aromatic N) is 4. The molecule has 8 heteroatoms. The Labute approximate surface area is 196 Å². The summed E-state index contributed by atoms with van der Waals surface area (Å²) in [7, 11) is 0. The molecule has 34 heavy (non-hydrogen) atoms. The molecule has 7 nitrogen and oxygen atoms in total. The van der Waals surface area contributed by atoms with E-state index in [1.54, 1.807) is 25.1 Å². The van der Waals surface area contributed by atoms with Gasteiger partial charge in [-0.1, -0.05) is 30.3 Å². The van der Waals surface area contributed by atoms with Gasteiger partial charge in [0.05, 0.1) is 23.9 Å². The van der Waals surface area contributed by atoms with Crippen LogP contribution in [0.4, 0.5) is 10.2 Å². The largest absolute Gasteiger partial charge is 0.493 e. The van der Waals surface area contributed by atoms with Crippen LogP contribution in [0, 0.1) is 17.1 Å². The first-order valence-corrected chi connectivity index (χ1v) is 11.1. The van der Waals surface area contributed by atoms with E-state index in [9.17, 15) is 10.4 Å². The molecule has 0 spiro atoms. The van der Waals surface area contributed by atoms with Crippen molar-refractivity contribution in [2.24, 2.45) is 0 Å². The van der Waals surface area contributed by atoms with Gasteiger partial charge in [-0.25, -0.2) is 14.1 Å². The zero-order valence-corrected chi connectivity index (χ0v) is 18.9. The molecule has 0 atom stereocenters. The molecule has 2 aromatic carbocycles. The van der Waals surface area contributed by atoms with Crippen LogP contribution < -0.4 is 10.5 Å². The number of fused-ring (bicyclic) bond motifs is 1. The van der Waals surface area contributed by atoms with Gasteiger partial charge >= 0.3 is 0 Å². The molecule has 0 saturated heterocycles. The Morgan fingerprint density at radius 2 is 2.00 bits per heavy atom.